The first-order valence-electron chi connectivity index (χ1n) is 6.81. The van der Waals surface area contributed by atoms with E-state index in [1.165, 1.54) is 32.1 Å². The number of thioether (sulfide) groups is 1. The van der Waals surface area contributed by atoms with Gasteiger partial charge in [-0.05, 0) is 31.6 Å². The highest BCUT2D eigenvalue weighted by molar-refractivity contribution is 7.99. The van der Waals surface area contributed by atoms with E-state index >= 15 is 0 Å². The lowest BCUT2D eigenvalue weighted by Gasteiger charge is -2.09. The summed E-state index contributed by atoms with van der Waals surface area (Å²) in [5.74, 6) is 1.02. The quantitative estimate of drug-likeness (QED) is 0.507. The number of pyridine rings is 1. The standard InChI is InChI=1S/C15H21ClN2S/c1-4-5-6-7-8-9-19-15-13(10-17)11(2)14(16)12(3)18-15/h4-9H2,1-3H3. The molecule has 2 nitrogen and oxygen atoms in total. The van der Waals surface area contributed by atoms with Gasteiger partial charge in [-0.15, -0.1) is 11.8 Å². The van der Waals surface area contributed by atoms with E-state index in [0.717, 1.165) is 22.0 Å². The summed E-state index contributed by atoms with van der Waals surface area (Å²) in [5, 5.41) is 10.7. The summed E-state index contributed by atoms with van der Waals surface area (Å²) in [6.45, 7) is 6.00. The zero-order valence-corrected chi connectivity index (χ0v) is 13.5. The van der Waals surface area contributed by atoms with Crippen molar-refractivity contribution in [2.24, 2.45) is 0 Å². The molecule has 0 spiro atoms. The maximum Gasteiger partial charge on any atom is 0.114 e. The van der Waals surface area contributed by atoms with Gasteiger partial charge in [-0.2, -0.15) is 5.26 Å². The maximum atomic E-state index is 9.23. The molecule has 0 amide bonds. The minimum atomic E-state index is 0.615. The molecule has 1 heterocycles. The number of halogens is 1. The highest BCUT2D eigenvalue weighted by Crippen LogP contribution is 2.30. The van der Waals surface area contributed by atoms with Crippen molar-refractivity contribution in [1.29, 1.82) is 5.26 Å². The Labute approximate surface area is 125 Å². The Balaban J connectivity index is 2.61. The first-order valence-corrected chi connectivity index (χ1v) is 8.17. The predicted molar refractivity (Wildman–Crippen MR) is 82.9 cm³/mol. The summed E-state index contributed by atoms with van der Waals surface area (Å²) in [4.78, 5) is 4.45. The summed E-state index contributed by atoms with van der Waals surface area (Å²) in [5.41, 5.74) is 2.30. The van der Waals surface area contributed by atoms with E-state index in [-0.39, 0.29) is 0 Å². The Morgan fingerprint density at radius 2 is 1.89 bits per heavy atom. The summed E-state index contributed by atoms with van der Waals surface area (Å²) >= 11 is 7.80. The van der Waals surface area contributed by atoms with Gasteiger partial charge in [0.2, 0.25) is 0 Å². The Morgan fingerprint density at radius 1 is 1.21 bits per heavy atom. The Hall–Kier alpha value is -0.720. The van der Waals surface area contributed by atoms with Crippen LogP contribution in [0.1, 0.15) is 55.8 Å². The third-order valence-electron chi connectivity index (χ3n) is 3.10. The lowest BCUT2D eigenvalue weighted by molar-refractivity contribution is 0.659. The lowest BCUT2D eigenvalue weighted by atomic mass is 10.1. The molecule has 0 atom stereocenters. The van der Waals surface area contributed by atoms with Gasteiger partial charge < -0.3 is 0 Å². The Kier molecular flexibility index (Phi) is 7.27. The van der Waals surface area contributed by atoms with E-state index < -0.39 is 0 Å². The Bertz CT molecular complexity index is 466. The summed E-state index contributed by atoms with van der Waals surface area (Å²) in [6.07, 6.45) is 6.31. The van der Waals surface area contributed by atoms with Crippen LogP contribution in [0.2, 0.25) is 5.02 Å². The molecule has 0 unspecified atom stereocenters. The summed E-state index contributed by atoms with van der Waals surface area (Å²) in [6, 6.07) is 2.23. The van der Waals surface area contributed by atoms with Crippen molar-refractivity contribution in [1.82, 2.24) is 4.98 Å². The average Bonchev–Trinajstić information content (AvgIpc) is 2.40. The molecular formula is C15H21ClN2S. The SMILES string of the molecule is CCCCCCCSc1nc(C)c(Cl)c(C)c1C#N. The highest BCUT2D eigenvalue weighted by atomic mass is 35.5. The molecular weight excluding hydrogens is 276 g/mol. The normalized spacial score (nSPS) is 10.5. The van der Waals surface area contributed by atoms with Gasteiger partial charge in [0.05, 0.1) is 16.3 Å². The van der Waals surface area contributed by atoms with Crippen molar-refractivity contribution in [3.8, 4) is 6.07 Å². The number of rotatable bonds is 7. The van der Waals surface area contributed by atoms with Gasteiger partial charge in [0, 0.05) is 0 Å². The van der Waals surface area contributed by atoms with Crippen molar-refractivity contribution in [2.45, 2.75) is 57.9 Å². The average molecular weight is 297 g/mol. The van der Waals surface area contributed by atoms with Gasteiger partial charge in [-0.1, -0.05) is 44.2 Å². The molecule has 1 aromatic rings. The minimum absolute atomic E-state index is 0.615. The van der Waals surface area contributed by atoms with Crippen LogP contribution in [-0.2, 0) is 0 Å². The van der Waals surface area contributed by atoms with Crippen molar-refractivity contribution >= 4 is 23.4 Å². The van der Waals surface area contributed by atoms with Crippen molar-refractivity contribution in [3.05, 3.63) is 21.8 Å². The van der Waals surface area contributed by atoms with Crippen LogP contribution in [0.25, 0.3) is 0 Å². The monoisotopic (exact) mass is 296 g/mol. The molecule has 0 bridgehead atoms. The number of hydrogen-bond donors (Lipinski definition) is 0. The first-order chi connectivity index (χ1) is 9.11. The smallest absolute Gasteiger partial charge is 0.114 e. The van der Waals surface area contributed by atoms with E-state index in [2.05, 4.69) is 18.0 Å². The van der Waals surface area contributed by atoms with Crippen molar-refractivity contribution in [3.63, 3.8) is 0 Å². The fraction of sp³-hybridized carbons (Fsp3) is 0.600. The second-order valence-electron chi connectivity index (χ2n) is 4.69. The molecule has 0 N–H and O–H groups in total. The van der Waals surface area contributed by atoms with Crippen LogP contribution < -0.4 is 0 Å². The molecule has 1 aromatic heterocycles. The molecule has 1 rings (SSSR count). The number of hydrogen-bond acceptors (Lipinski definition) is 3. The first kappa shape index (κ1) is 16.3. The number of unbranched alkanes of at least 4 members (excludes halogenated alkanes) is 4. The zero-order chi connectivity index (χ0) is 14.3. The molecule has 0 aliphatic carbocycles. The van der Waals surface area contributed by atoms with Crippen LogP contribution >= 0.6 is 23.4 Å². The zero-order valence-electron chi connectivity index (χ0n) is 11.9. The fourth-order valence-corrected chi connectivity index (χ4v) is 3.13. The molecule has 0 saturated heterocycles. The number of aromatic nitrogens is 1. The summed E-state index contributed by atoms with van der Waals surface area (Å²) < 4.78 is 0. The van der Waals surface area contributed by atoms with Crippen LogP contribution in [0.4, 0.5) is 0 Å². The van der Waals surface area contributed by atoms with E-state index in [4.69, 9.17) is 11.6 Å². The molecule has 0 aliphatic heterocycles. The third-order valence-corrected chi connectivity index (χ3v) is 4.72. The fourth-order valence-electron chi connectivity index (χ4n) is 1.91. The molecule has 0 aromatic carbocycles. The Morgan fingerprint density at radius 3 is 2.53 bits per heavy atom. The van der Waals surface area contributed by atoms with Crippen LogP contribution in [0.5, 0.6) is 0 Å². The number of aryl methyl sites for hydroxylation is 1. The minimum Gasteiger partial charge on any atom is -0.244 e. The van der Waals surface area contributed by atoms with Gasteiger partial charge in [-0.3, -0.25) is 0 Å². The maximum absolute atomic E-state index is 9.23. The molecule has 0 aliphatic rings. The van der Waals surface area contributed by atoms with Crippen molar-refractivity contribution in [2.75, 3.05) is 5.75 Å². The van der Waals surface area contributed by atoms with Gasteiger partial charge >= 0.3 is 0 Å². The van der Waals surface area contributed by atoms with Crippen molar-refractivity contribution < 1.29 is 0 Å². The topological polar surface area (TPSA) is 36.7 Å². The number of nitriles is 1. The van der Waals surface area contributed by atoms with Crippen LogP contribution in [0.15, 0.2) is 5.03 Å². The van der Waals surface area contributed by atoms with Gasteiger partial charge in [0.1, 0.15) is 11.1 Å². The lowest BCUT2D eigenvalue weighted by Crippen LogP contribution is -1.97. The third kappa shape index (κ3) is 4.71. The van der Waals surface area contributed by atoms with Crippen LogP contribution in [0, 0.1) is 25.2 Å². The van der Waals surface area contributed by atoms with E-state index in [9.17, 15) is 5.26 Å². The second-order valence-corrected chi connectivity index (χ2v) is 6.15. The van der Waals surface area contributed by atoms with E-state index in [1.54, 1.807) is 11.8 Å². The van der Waals surface area contributed by atoms with Crippen LogP contribution in [0.3, 0.4) is 0 Å². The van der Waals surface area contributed by atoms with Gasteiger partial charge in [-0.25, -0.2) is 4.98 Å². The largest absolute Gasteiger partial charge is 0.244 e. The molecule has 4 heteroatoms. The molecule has 19 heavy (non-hydrogen) atoms. The summed E-state index contributed by atoms with van der Waals surface area (Å²) in [7, 11) is 0. The van der Waals surface area contributed by atoms with Gasteiger partial charge in [0.15, 0.2) is 0 Å². The molecule has 0 radical (unpaired) electrons. The van der Waals surface area contributed by atoms with E-state index in [0.29, 0.717) is 10.6 Å². The predicted octanol–water partition coefficient (Wildman–Crippen LogP) is 5.29. The molecule has 0 fully saturated rings. The number of nitrogens with zero attached hydrogens (tertiary/aromatic N) is 2. The van der Waals surface area contributed by atoms with E-state index in [1.807, 2.05) is 13.8 Å². The second kappa shape index (κ2) is 8.45. The highest BCUT2D eigenvalue weighted by Gasteiger charge is 2.13. The molecule has 104 valence electrons. The van der Waals surface area contributed by atoms with Crippen LogP contribution in [-0.4, -0.2) is 10.7 Å². The molecule has 0 saturated carbocycles. The van der Waals surface area contributed by atoms with Gasteiger partial charge in [0.25, 0.3) is 0 Å².